The lowest BCUT2D eigenvalue weighted by molar-refractivity contribution is 0.603. The van der Waals surface area contributed by atoms with E-state index in [1.807, 2.05) is 24.3 Å². The van der Waals surface area contributed by atoms with Crippen LogP contribution in [-0.4, -0.2) is 0 Å². The van der Waals surface area contributed by atoms with Crippen LogP contribution >= 0.6 is 11.6 Å². The second-order valence-corrected chi connectivity index (χ2v) is 3.74. The van der Waals surface area contributed by atoms with Crippen LogP contribution in [0.4, 0.5) is 0 Å². The van der Waals surface area contributed by atoms with Crippen LogP contribution in [0.3, 0.4) is 0 Å². The first-order valence-electron chi connectivity index (χ1n) is 4.75. The van der Waals surface area contributed by atoms with Gasteiger partial charge in [-0.3, -0.25) is 0 Å². The molecule has 0 amide bonds. The number of halogens is 1. The lowest BCUT2D eigenvalue weighted by Crippen LogP contribution is -2.09. The minimum Gasteiger partial charge on any atom is -0.324 e. The smallest absolute Gasteiger partial charge is 0.0409 e. The highest BCUT2D eigenvalue weighted by Gasteiger charge is 2.04. The summed E-state index contributed by atoms with van der Waals surface area (Å²) in [4.78, 5) is 0. The zero-order valence-electron chi connectivity index (χ0n) is 7.96. The first-order valence-corrected chi connectivity index (χ1v) is 5.13. The lowest BCUT2D eigenvalue weighted by Gasteiger charge is -2.11. The lowest BCUT2D eigenvalue weighted by atomic mass is 10.0. The molecule has 1 nitrogen and oxygen atoms in total. The fourth-order valence-electron chi connectivity index (χ4n) is 1.33. The van der Waals surface area contributed by atoms with Crippen molar-refractivity contribution in [2.24, 2.45) is 5.73 Å². The fraction of sp³-hybridized carbons (Fsp3) is 0.455. The standard InChI is InChI=1S/C11H16ClN/c1-2-3-7-11(13)9-5-4-6-10(12)8-9/h4-6,8,11H,2-3,7,13H2,1H3/t11-/m0/s1. The second-order valence-electron chi connectivity index (χ2n) is 3.30. The molecule has 0 radical (unpaired) electrons. The molecule has 0 fully saturated rings. The molecule has 0 spiro atoms. The van der Waals surface area contributed by atoms with E-state index >= 15 is 0 Å². The Morgan fingerprint density at radius 2 is 2.23 bits per heavy atom. The van der Waals surface area contributed by atoms with E-state index < -0.39 is 0 Å². The van der Waals surface area contributed by atoms with Gasteiger partial charge in [0.1, 0.15) is 0 Å². The summed E-state index contributed by atoms with van der Waals surface area (Å²) < 4.78 is 0. The zero-order chi connectivity index (χ0) is 9.68. The molecule has 0 unspecified atom stereocenters. The first-order chi connectivity index (χ1) is 6.24. The molecule has 0 aliphatic carbocycles. The highest BCUT2D eigenvalue weighted by Crippen LogP contribution is 2.19. The van der Waals surface area contributed by atoms with Gasteiger partial charge in [-0.15, -0.1) is 0 Å². The van der Waals surface area contributed by atoms with Gasteiger partial charge in [0.25, 0.3) is 0 Å². The largest absolute Gasteiger partial charge is 0.324 e. The van der Waals surface area contributed by atoms with Crippen molar-refractivity contribution >= 4 is 11.6 Å². The van der Waals surface area contributed by atoms with Crippen LogP contribution in [-0.2, 0) is 0 Å². The van der Waals surface area contributed by atoms with E-state index in [-0.39, 0.29) is 6.04 Å². The van der Waals surface area contributed by atoms with Gasteiger partial charge in [-0.2, -0.15) is 0 Å². The summed E-state index contributed by atoms with van der Waals surface area (Å²) in [5, 5.41) is 0.768. The van der Waals surface area contributed by atoms with Crippen molar-refractivity contribution in [2.75, 3.05) is 0 Å². The summed E-state index contributed by atoms with van der Waals surface area (Å²) in [6.45, 7) is 2.17. The van der Waals surface area contributed by atoms with E-state index in [0.29, 0.717) is 0 Å². The Morgan fingerprint density at radius 3 is 2.85 bits per heavy atom. The van der Waals surface area contributed by atoms with Crippen LogP contribution < -0.4 is 5.73 Å². The van der Waals surface area contributed by atoms with Gasteiger partial charge in [-0.25, -0.2) is 0 Å². The van der Waals surface area contributed by atoms with Crippen LogP contribution in [0.25, 0.3) is 0 Å². The van der Waals surface area contributed by atoms with E-state index in [2.05, 4.69) is 6.92 Å². The van der Waals surface area contributed by atoms with Crippen LogP contribution in [0.2, 0.25) is 5.02 Å². The Morgan fingerprint density at radius 1 is 1.46 bits per heavy atom. The van der Waals surface area contributed by atoms with Crippen molar-refractivity contribution in [2.45, 2.75) is 32.2 Å². The molecule has 0 heterocycles. The second kappa shape index (κ2) is 5.25. The molecule has 0 aliphatic heterocycles. The Hall–Kier alpha value is -0.530. The van der Waals surface area contributed by atoms with E-state index in [9.17, 15) is 0 Å². The van der Waals surface area contributed by atoms with Crippen LogP contribution in [0.15, 0.2) is 24.3 Å². The van der Waals surface area contributed by atoms with E-state index in [1.54, 1.807) is 0 Å². The van der Waals surface area contributed by atoms with Gasteiger partial charge in [-0.05, 0) is 24.1 Å². The molecule has 1 atom stereocenters. The predicted octanol–water partition coefficient (Wildman–Crippen LogP) is 3.53. The van der Waals surface area contributed by atoms with Crippen molar-refractivity contribution in [3.8, 4) is 0 Å². The molecule has 13 heavy (non-hydrogen) atoms. The Bertz CT molecular complexity index is 260. The normalized spacial score (nSPS) is 12.8. The Kier molecular flexibility index (Phi) is 4.26. The van der Waals surface area contributed by atoms with Gasteiger partial charge in [0, 0.05) is 11.1 Å². The number of hydrogen-bond acceptors (Lipinski definition) is 1. The van der Waals surface area contributed by atoms with Gasteiger partial charge in [0.2, 0.25) is 0 Å². The molecule has 1 aromatic rings. The van der Waals surface area contributed by atoms with Gasteiger partial charge >= 0.3 is 0 Å². The van der Waals surface area contributed by atoms with Crippen molar-refractivity contribution in [3.63, 3.8) is 0 Å². The Labute approximate surface area is 84.9 Å². The van der Waals surface area contributed by atoms with Gasteiger partial charge in [-0.1, -0.05) is 43.5 Å². The molecule has 2 N–H and O–H groups in total. The molecule has 2 heteroatoms. The first kappa shape index (κ1) is 10.6. The number of nitrogens with two attached hydrogens (primary N) is 1. The molecular weight excluding hydrogens is 182 g/mol. The van der Waals surface area contributed by atoms with E-state index in [1.165, 1.54) is 12.8 Å². The van der Waals surface area contributed by atoms with E-state index in [0.717, 1.165) is 17.0 Å². The van der Waals surface area contributed by atoms with Crippen molar-refractivity contribution < 1.29 is 0 Å². The number of rotatable bonds is 4. The maximum Gasteiger partial charge on any atom is 0.0409 e. The third kappa shape index (κ3) is 3.37. The average Bonchev–Trinajstić information content (AvgIpc) is 2.14. The SMILES string of the molecule is CCCC[C@H](N)c1cccc(Cl)c1. The summed E-state index contributed by atoms with van der Waals surface area (Å²) in [5.74, 6) is 0. The molecule has 1 rings (SSSR count). The number of unbranched alkanes of at least 4 members (excludes halogenated alkanes) is 1. The summed E-state index contributed by atoms with van der Waals surface area (Å²) >= 11 is 5.87. The third-order valence-corrected chi connectivity index (χ3v) is 2.38. The van der Waals surface area contributed by atoms with Crippen molar-refractivity contribution in [3.05, 3.63) is 34.9 Å². The topological polar surface area (TPSA) is 26.0 Å². The fourth-order valence-corrected chi connectivity index (χ4v) is 1.53. The quantitative estimate of drug-likeness (QED) is 0.785. The monoisotopic (exact) mass is 197 g/mol. The zero-order valence-corrected chi connectivity index (χ0v) is 8.72. The summed E-state index contributed by atoms with van der Waals surface area (Å²) in [6.07, 6.45) is 3.40. The molecule has 0 saturated heterocycles. The minimum absolute atomic E-state index is 0.138. The maximum atomic E-state index is 5.99. The van der Waals surface area contributed by atoms with Crippen LogP contribution in [0.1, 0.15) is 37.8 Å². The average molecular weight is 198 g/mol. The van der Waals surface area contributed by atoms with Gasteiger partial charge in [0.05, 0.1) is 0 Å². The Balaban J connectivity index is 2.60. The minimum atomic E-state index is 0.138. The van der Waals surface area contributed by atoms with Crippen LogP contribution in [0, 0.1) is 0 Å². The third-order valence-electron chi connectivity index (χ3n) is 2.15. The highest BCUT2D eigenvalue weighted by molar-refractivity contribution is 6.30. The summed E-state index contributed by atoms with van der Waals surface area (Å²) in [6, 6.07) is 7.94. The van der Waals surface area contributed by atoms with Crippen molar-refractivity contribution in [1.29, 1.82) is 0 Å². The van der Waals surface area contributed by atoms with Gasteiger partial charge in [0.15, 0.2) is 0 Å². The molecule has 0 aromatic heterocycles. The van der Waals surface area contributed by atoms with Crippen LogP contribution in [0.5, 0.6) is 0 Å². The molecule has 72 valence electrons. The number of benzene rings is 1. The highest BCUT2D eigenvalue weighted by atomic mass is 35.5. The van der Waals surface area contributed by atoms with Crippen molar-refractivity contribution in [1.82, 2.24) is 0 Å². The van der Waals surface area contributed by atoms with Gasteiger partial charge < -0.3 is 5.73 Å². The summed E-state index contributed by atoms with van der Waals surface area (Å²) in [5.41, 5.74) is 7.13. The molecule has 0 saturated carbocycles. The number of hydrogen-bond donors (Lipinski definition) is 1. The molecule has 1 aromatic carbocycles. The maximum absolute atomic E-state index is 5.99. The predicted molar refractivity (Wildman–Crippen MR) is 57.9 cm³/mol. The van der Waals surface area contributed by atoms with E-state index in [4.69, 9.17) is 17.3 Å². The molecule has 0 aliphatic rings. The molecular formula is C11H16ClN. The molecule has 0 bridgehead atoms. The summed E-state index contributed by atoms with van der Waals surface area (Å²) in [7, 11) is 0.